The van der Waals surface area contributed by atoms with Crippen LogP contribution in [0, 0.1) is 0 Å². The molecule has 0 saturated carbocycles. The Balaban J connectivity index is 0. The number of aliphatic carboxylic acids is 1. The van der Waals surface area contributed by atoms with Gasteiger partial charge in [-0.1, -0.05) is 19.8 Å². The number of alkyl halides is 1. The van der Waals surface area contributed by atoms with Crippen LogP contribution in [0.5, 0.6) is 0 Å². The van der Waals surface area contributed by atoms with E-state index in [0.717, 1.165) is 5.88 Å². The van der Waals surface area contributed by atoms with Gasteiger partial charge < -0.3 is 9.84 Å². The van der Waals surface area contributed by atoms with E-state index >= 15 is 0 Å². The van der Waals surface area contributed by atoms with E-state index in [1.807, 2.05) is 0 Å². The van der Waals surface area contributed by atoms with Gasteiger partial charge in [-0.3, -0.25) is 0 Å². The van der Waals surface area contributed by atoms with Gasteiger partial charge in [0.25, 0.3) is 0 Å². The second-order valence-corrected chi connectivity index (χ2v) is 2.80. The highest BCUT2D eigenvalue weighted by molar-refractivity contribution is 6.28. The average molecular weight is 225 g/mol. The SMILES string of the molecule is CCCCCCl.CCOC(=O)C(=O)O. The van der Waals surface area contributed by atoms with Crippen molar-refractivity contribution in [3.05, 3.63) is 0 Å². The second-order valence-electron chi connectivity index (χ2n) is 2.42. The maximum atomic E-state index is 9.92. The number of hydrogen-bond donors (Lipinski definition) is 1. The van der Waals surface area contributed by atoms with E-state index in [4.69, 9.17) is 16.7 Å². The minimum absolute atomic E-state index is 0.102. The first-order chi connectivity index (χ1) is 6.59. The number of carboxylic acids is 1. The summed E-state index contributed by atoms with van der Waals surface area (Å²) in [6, 6.07) is 0. The molecule has 14 heavy (non-hydrogen) atoms. The van der Waals surface area contributed by atoms with Crippen LogP contribution in [-0.4, -0.2) is 29.5 Å². The Morgan fingerprint density at radius 2 is 1.86 bits per heavy atom. The van der Waals surface area contributed by atoms with Crippen LogP contribution in [0.3, 0.4) is 0 Å². The molecule has 0 amide bonds. The largest absolute Gasteiger partial charge is 0.473 e. The van der Waals surface area contributed by atoms with Gasteiger partial charge in [0.15, 0.2) is 0 Å². The first kappa shape index (κ1) is 15.7. The highest BCUT2D eigenvalue weighted by atomic mass is 35.5. The first-order valence-corrected chi connectivity index (χ1v) is 5.09. The van der Waals surface area contributed by atoms with Crippen molar-refractivity contribution in [3.63, 3.8) is 0 Å². The van der Waals surface area contributed by atoms with Crippen LogP contribution in [-0.2, 0) is 14.3 Å². The molecule has 84 valence electrons. The Labute approximate surface area is 89.2 Å². The quantitative estimate of drug-likeness (QED) is 0.344. The summed E-state index contributed by atoms with van der Waals surface area (Å²) in [5.41, 5.74) is 0. The number of ether oxygens (including phenoxy) is 1. The molecule has 0 saturated heterocycles. The lowest BCUT2D eigenvalue weighted by Crippen LogP contribution is -2.15. The molecule has 0 atom stereocenters. The summed E-state index contributed by atoms with van der Waals surface area (Å²) >= 11 is 5.38. The van der Waals surface area contributed by atoms with Gasteiger partial charge in [-0.25, -0.2) is 9.59 Å². The van der Waals surface area contributed by atoms with Gasteiger partial charge in [0, 0.05) is 5.88 Å². The Kier molecular flexibility index (Phi) is 13.7. The summed E-state index contributed by atoms with van der Waals surface area (Å²) in [5, 5.41) is 7.84. The molecule has 0 aromatic rings. The van der Waals surface area contributed by atoms with Crippen LogP contribution < -0.4 is 0 Å². The van der Waals surface area contributed by atoms with Gasteiger partial charge in [0.1, 0.15) is 0 Å². The zero-order valence-corrected chi connectivity index (χ0v) is 9.34. The molecule has 4 nitrogen and oxygen atoms in total. The van der Waals surface area contributed by atoms with Gasteiger partial charge in [-0.15, -0.1) is 11.6 Å². The molecule has 0 aliphatic carbocycles. The number of carboxylic acid groups (broad SMARTS) is 1. The van der Waals surface area contributed by atoms with E-state index in [2.05, 4.69) is 11.7 Å². The zero-order valence-electron chi connectivity index (χ0n) is 8.59. The fraction of sp³-hybridized carbons (Fsp3) is 0.778. The minimum Gasteiger partial charge on any atom is -0.473 e. The predicted molar refractivity (Wildman–Crippen MR) is 54.5 cm³/mol. The molecule has 0 heterocycles. The van der Waals surface area contributed by atoms with Crippen LogP contribution in [0.2, 0.25) is 0 Å². The van der Waals surface area contributed by atoms with Crippen molar-refractivity contribution in [2.45, 2.75) is 33.1 Å². The highest BCUT2D eigenvalue weighted by Gasteiger charge is 2.09. The highest BCUT2D eigenvalue weighted by Crippen LogP contribution is 1.93. The summed E-state index contributed by atoms with van der Waals surface area (Å²) in [6.07, 6.45) is 3.73. The minimum atomic E-state index is -1.55. The monoisotopic (exact) mass is 224 g/mol. The smallest absolute Gasteiger partial charge is 0.417 e. The van der Waals surface area contributed by atoms with E-state index in [0.29, 0.717) is 0 Å². The van der Waals surface area contributed by atoms with Crippen molar-refractivity contribution in [2.75, 3.05) is 12.5 Å². The van der Waals surface area contributed by atoms with Crippen molar-refractivity contribution in [1.29, 1.82) is 0 Å². The van der Waals surface area contributed by atoms with Crippen molar-refractivity contribution in [2.24, 2.45) is 0 Å². The lowest BCUT2D eigenvalue weighted by molar-refractivity contribution is -0.163. The van der Waals surface area contributed by atoms with Crippen molar-refractivity contribution in [3.8, 4) is 0 Å². The molecule has 5 heteroatoms. The number of rotatable bonds is 4. The van der Waals surface area contributed by atoms with Crippen molar-refractivity contribution in [1.82, 2.24) is 0 Å². The second kappa shape index (κ2) is 12.2. The molecule has 0 aliphatic rings. The molecule has 0 bridgehead atoms. The lowest BCUT2D eigenvalue weighted by atomic mass is 10.3. The van der Waals surface area contributed by atoms with Gasteiger partial charge >= 0.3 is 11.9 Å². The molecule has 0 fully saturated rings. The number of carbonyl (C=O) groups is 2. The molecular formula is C9H17ClO4. The molecule has 0 aromatic carbocycles. The molecular weight excluding hydrogens is 208 g/mol. The normalized spacial score (nSPS) is 8.50. The number of hydrogen-bond acceptors (Lipinski definition) is 3. The first-order valence-electron chi connectivity index (χ1n) is 4.56. The number of halogens is 1. The summed E-state index contributed by atoms with van der Waals surface area (Å²) in [7, 11) is 0. The number of carbonyl (C=O) groups excluding carboxylic acids is 1. The topological polar surface area (TPSA) is 63.6 Å². The zero-order chi connectivity index (χ0) is 11.4. The number of unbranched alkanes of at least 4 members (excludes halogenated alkanes) is 2. The van der Waals surface area contributed by atoms with Gasteiger partial charge in [-0.2, -0.15) is 0 Å². The van der Waals surface area contributed by atoms with E-state index in [-0.39, 0.29) is 6.61 Å². The molecule has 0 unspecified atom stereocenters. The standard InChI is InChI=1S/C5H11Cl.C4H6O4/c1-2-3-4-5-6;1-2-8-4(7)3(5)6/h2-5H2,1H3;2H2,1H3,(H,5,6). The van der Waals surface area contributed by atoms with Crippen LogP contribution in [0.25, 0.3) is 0 Å². The molecule has 0 radical (unpaired) electrons. The molecule has 1 N–H and O–H groups in total. The Morgan fingerprint density at radius 1 is 1.29 bits per heavy atom. The fourth-order valence-electron chi connectivity index (χ4n) is 0.537. The van der Waals surface area contributed by atoms with Crippen LogP contribution in [0.1, 0.15) is 33.1 Å². The Bertz CT molecular complexity index is 155. The predicted octanol–water partition coefficient (Wildman–Crippen LogP) is 2.05. The van der Waals surface area contributed by atoms with Crippen LogP contribution >= 0.6 is 11.6 Å². The van der Waals surface area contributed by atoms with E-state index in [1.165, 1.54) is 19.3 Å². The maximum Gasteiger partial charge on any atom is 0.417 e. The molecule has 0 aromatic heterocycles. The van der Waals surface area contributed by atoms with Crippen molar-refractivity contribution < 1.29 is 19.4 Å². The van der Waals surface area contributed by atoms with E-state index in [1.54, 1.807) is 6.92 Å². The third-order valence-electron chi connectivity index (χ3n) is 1.19. The molecule has 0 spiro atoms. The van der Waals surface area contributed by atoms with Crippen LogP contribution in [0.4, 0.5) is 0 Å². The summed E-state index contributed by atoms with van der Waals surface area (Å²) in [4.78, 5) is 19.5. The summed E-state index contributed by atoms with van der Waals surface area (Å²) < 4.78 is 4.06. The van der Waals surface area contributed by atoms with E-state index < -0.39 is 11.9 Å². The molecule has 0 aliphatic heterocycles. The average Bonchev–Trinajstić information content (AvgIpc) is 2.16. The van der Waals surface area contributed by atoms with Gasteiger partial charge in [0.05, 0.1) is 6.61 Å². The summed E-state index contributed by atoms with van der Waals surface area (Å²) in [6.45, 7) is 3.82. The third-order valence-corrected chi connectivity index (χ3v) is 1.45. The lowest BCUT2D eigenvalue weighted by Gasteiger charge is -1.91. The van der Waals surface area contributed by atoms with Crippen molar-refractivity contribution >= 4 is 23.5 Å². The Morgan fingerprint density at radius 3 is 2.00 bits per heavy atom. The Hall–Kier alpha value is -0.770. The van der Waals surface area contributed by atoms with Gasteiger partial charge in [0.2, 0.25) is 0 Å². The third kappa shape index (κ3) is 13.8. The fourth-order valence-corrected chi connectivity index (χ4v) is 0.726. The maximum absolute atomic E-state index is 9.92. The van der Waals surface area contributed by atoms with E-state index in [9.17, 15) is 9.59 Å². The molecule has 0 rings (SSSR count). The summed E-state index contributed by atoms with van der Waals surface area (Å²) in [5.74, 6) is -1.92. The van der Waals surface area contributed by atoms with Gasteiger partial charge in [-0.05, 0) is 13.3 Å². The number of esters is 1. The van der Waals surface area contributed by atoms with Crippen LogP contribution in [0.15, 0.2) is 0 Å².